The monoisotopic (exact) mass is 444 g/mol. The summed E-state index contributed by atoms with van der Waals surface area (Å²) in [6, 6.07) is 14.1. The Kier molecular flexibility index (Phi) is 6.14. The molecule has 2 heterocycles. The molecule has 2 aliphatic heterocycles. The quantitative estimate of drug-likeness (QED) is 0.672. The Hall–Kier alpha value is -1.93. The lowest BCUT2D eigenvalue weighted by atomic mass is 9.66. The number of rotatable bonds is 6. The van der Waals surface area contributed by atoms with Crippen molar-refractivity contribution in [3.8, 4) is 11.1 Å². The molecular formula is C24H29FN2O3S. The molecule has 0 radical (unpaired) electrons. The highest BCUT2D eigenvalue weighted by Gasteiger charge is 2.55. The topological polar surface area (TPSA) is 75.6 Å². The van der Waals surface area contributed by atoms with Crippen molar-refractivity contribution in [1.82, 2.24) is 9.62 Å². The van der Waals surface area contributed by atoms with E-state index in [0.717, 1.165) is 18.4 Å². The molecule has 1 saturated carbocycles. The summed E-state index contributed by atoms with van der Waals surface area (Å²) in [5, 5.41) is 10.4. The van der Waals surface area contributed by atoms with E-state index in [2.05, 4.69) is 4.72 Å². The minimum atomic E-state index is -1.53. The fraction of sp³-hybridized carbons (Fsp3) is 0.458. The summed E-state index contributed by atoms with van der Waals surface area (Å²) in [4.78, 5) is 14.9. The zero-order valence-electron chi connectivity index (χ0n) is 18.0. The fourth-order valence-corrected chi connectivity index (χ4v) is 5.67. The summed E-state index contributed by atoms with van der Waals surface area (Å²) in [7, 11) is 0. The molecule has 1 aliphatic carbocycles. The molecule has 1 unspecified atom stereocenters. The van der Waals surface area contributed by atoms with E-state index >= 15 is 4.39 Å². The van der Waals surface area contributed by atoms with E-state index in [-0.39, 0.29) is 42.2 Å². The number of nitrogens with one attached hydrogen (secondary N) is 1. The SMILES string of the molecule is C[S+]([O-])N[C@H]1C2CC(C2)N(C(=O)C(C)(C)O)[C@H]1Cc1cccc(-c2ccccc2)c1F. The van der Waals surface area contributed by atoms with Crippen LogP contribution < -0.4 is 4.72 Å². The number of aliphatic hydroxyl groups is 1. The summed E-state index contributed by atoms with van der Waals surface area (Å²) in [5.74, 6) is -0.390. The van der Waals surface area contributed by atoms with Crippen LogP contribution in [0.4, 0.5) is 4.39 Å². The molecule has 5 nitrogen and oxygen atoms in total. The largest absolute Gasteiger partial charge is 0.598 e. The van der Waals surface area contributed by atoms with E-state index in [1.807, 2.05) is 36.4 Å². The Balaban J connectivity index is 1.70. The van der Waals surface area contributed by atoms with Gasteiger partial charge in [-0.25, -0.2) is 4.39 Å². The first-order chi connectivity index (χ1) is 14.7. The molecule has 1 amide bonds. The van der Waals surface area contributed by atoms with Gasteiger partial charge in [0.15, 0.2) is 0 Å². The Morgan fingerprint density at radius 1 is 1.23 bits per heavy atom. The summed E-state index contributed by atoms with van der Waals surface area (Å²) in [5.41, 5.74) is 0.293. The number of halogens is 1. The van der Waals surface area contributed by atoms with Gasteiger partial charge in [-0.05, 0) is 50.2 Å². The van der Waals surface area contributed by atoms with Gasteiger partial charge in [0.1, 0.15) is 17.7 Å². The van der Waals surface area contributed by atoms with Gasteiger partial charge in [-0.3, -0.25) is 4.79 Å². The maximum atomic E-state index is 15.5. The van der Waals surface area contributed by atoms with Crippen molar-refractivity contribution in [1.29, 1.82) is 0 Å². The number of piperidine rings is 2. The minimum Gasteiger partial charge on any atom is -0.598 e. The van der Waals surface area contributed by atoms with Gasteiger partial charge in [-0.2, -0.15) is 0 Å². The molecule has 31 heavy (non-hydrogen) atoms. The van der Waals surface area contributed by atoms with Crippen LogP contribution in [-0.4, -0.2) is 50.4 Å². The smallest absolute Gasteiger partial charge is 0.254 e. The maximum absolute atomic E-state index is 15.5. The minimum absolute atomic E-state index is 0.0256. The van der Waals surface area contributed by atoms with Crippen LogP contribution in [0, 0.1) is 11.7 Å². The summed E-state index contributed by atoms with van der Waals surface area (Å²) in [6.07, 6.45) is 3.47. The predicted octanol–water partition coefficient (Wildman–Crippen LogP) is 3.05. The summed E-state index contributed by atoms with van der Waals surface area (Å²) >= 11 is -1.27. The molecule has 2 saturated heterocycles. The van der Waals surface area contributed by atoms with E-state index in [4.69, 9.17) is 0 Å². The molecule has 3 aliphatic rings. The van der Waals surface area contributed by atoms with Crippen LogP contribution >= 0.6 is 0 Å². The molecule has 0 spiro atoms. The van der Waals surface area contributed by atoms with Gasteiger partial charge in [-0.1, -0.05) is 48.5 Å². The van der Waals surface area contributed by atoms with E-state index in [0.29, 0.717) is 11.1 Å². The predicted molar refractivity (Wildman–Crippen MR) is 120 cm³/mol. The zero-order valence-corrected chi connectivity index (χ0v) is 18.9. The van der Waals surface area contributed by atoms with Crippen LogP contribution in [0.5, 0.6) is 0 Å². The molecule has 7 heteroatoms. The van der Waals surface area contributed by atoms with Gasteiger partial charge in [0, 0.05) is 23.0 Å². The number of benzene rings is 2. The third-order valence-electron chi connectivity index (χ3n) is 6.48. The van der Waals surface area contributed by atoms with Gasteiger partial charge in [0.25, 0.3) is 5.91 Å². The highest BCUT2D eigenvalue weighted by Crippen LogP contribution is 2.45. The van der Waals surface area contributed by atoms with Crippen LogP contribution in [0.3, 0.4) is 0 Å². The number of hydrogen-bond acceptors (Lipinski definition) is 4. The molecule has 2 aromatic carbocycles. The molecule has 5 rings (SSSR count). The normalized spacial score (nSPS) is 26.3. The van der Waals surface area contributed by atoms with Crippen LogP contribution in [0.2, 0.25) is 0 Å². The molecule has 0 aromatic heterocycles. The average Bonchev–Trinajstić information content (AvgIpc) is 2.68. The number of nitrogens with zero attached hydrogens (tertiary/aromatic N) is 1. The van der Waals surface area contributed by atoms with Crippen molar-refractivity contribution >= 4 is 17.3 Å². The van der Waals surface area contributed by atoms with Crippen LogP contribution in [0.25, 0.3) is 11.1 Å². The lowest BCUT2D eigenvalue weighted by molar-refractivity contribution is -0.166. The van der Waals surface area contributed by atoms with Crippen LogP contribution in [-0.2, 0) is 22.6 Å². The number of fused-ring (bicyclic) bond motifs is 2. The first kappa shape index (κ1) is 22.3. The molecule has 3 atom stereocenters. The lowest BCUT2D eigenvalue weighted by Crippen LogP contribution is -2.72. The highest BCUT2D eigenvalue weighted by molar-refractivity contribution is 7.88. The van der Waals surface area contributed by atoms with E-state index in [9.17, 15) is 14.5 Å². The third kappa shape index (κ3) is 4.37. The van der Waals surface area contributed by atoms with Crippen molar-refractivity contribution in [2.24, 2.45) is 5.92 Å². The van der Waals surface area contributed by atoms with Crippen molar-refractivity contribution in [2.45, 2.75) is 56.8 Å². The van der Waals surface area contributed by atoms with Crippen molar-refractivity contribution < 1.29 is 18.8 Å². The number of carbonyl (C=O) groups excluding carboxylic acids is 1. The second-order valence-electron chi connectivity index (χ2n) is 9.17. The van der Waals surface area contributed by atoms with Crippen molar-refractivity contribution in [3.05, 3.63) is 59.9 Å². The second kappa shape index (κ2) is 8.54. The van der Waals surface area contributed by atoms with Crippen molar-refractivity contribution in [2.75, 3.05) is 6.26 Å². The Bertz CT molecular complexity index is 942. The first-order valence-corrected chi connectivity index (χ1v) is 12.2. The van der Waals surface area contributed by atoms with Gasteiger partial charge in [0.2, 0.25) is 0 Å². The third-order valence-corrected chi connectivity index (χ3v) is 7.08. The number of hydrogen-bond donors (Lipinski definition) is 2. The second-order valence-corrected chi connectivity index (χ2v) is 10.3. The Morgan fingerprint density at radius 3 is 2.52 bits per heavy atom. The zero-order chi connectivity index (χ0) is 22.3. The molecule has 2 aromatic rings. The molecule has 2 N–H and O–H groups in total. The highest BCUT2D eigenvalue weighted by atomic mass is 32.2. The van der Waals surface area contributed by atoms with E-state index in [1.54, 1.807) is 23.3 Å². The average molecular weight is 445 g/mol. The van der Waals surface area contributed by atoms with Crippen LogP contribution in [0.15, 0.2) is 48.5 Å². The summed E-state index contributed by atoms with van der Waals surface area (Å²) < 4.78 is 30.7. The fourth-order valence-electron chi connectivity index (χ4n) is 4.94. The molecule has 3 fully saturated rings. The standard InChI is InChI=1S/C24H29FN2O3S/c1-24(2,29)23(28)27-18-12-17(13-18)22(26-31(3)30)20(27)14-16-10-7-11-19(21(16)25)15-8-5-4-6-9-15/h4-11,17-18,20,22,26,29H,12-14H2,1-3H3/t17?,18?,20-,22-,31?/m0/s1. The van der Waals surface area contributed by atoms with Gasteiger partial charge in [0.05, 0.1) is 12.1 Å². The lowest BCUT2D eigenvalue weighted by Gasteiger charge is -2.58. The van der Waals surface area contributed by atoms with Gasteiger partial charge < -0.3 is 14.6 Å². The molecule has 166 valence electrons. The van der Waals surface area contributed by atoms with Gasteiger partial charge in [-0.15, -0.1) is 4.72 Å². The van der Waals surface area contributed by atoms with Crippen LogP contribution in [0.1, 0.15) is 32.3 Å². The summed E-state index contributed by atoms with van der Waals surface area (Å²) in [6.45, 7) is 2.96. The van der Waals surface area contributed by atoms with E-state index in [1.165, 1.54) is 13.8 Å². The van der Waals surface area contributed by atoms with Gasteiger partial charge >= 0.3 is 0 Å². The maximum Gasteiger partial charge on any atom is 0.254 e. The first-order valence-electron chi connectivity index (χ1n) is 10.6. The Labute approximate surface area is 186 Å². The molecule has 2 bridgehead atoms. The Morgan fingerprint density at radius 2 is 1.90 bits per heavy atom. The van der Waals surface area contributed by atoms with Crippen molar-refractivity contribution in [3.63, 3.8) is 0 Å². The number of amides is 1. The van der Waals surface area contributed by atoms with E-state index < -0.39 is 17.0 Å². The molecular weight excluding hydrogens is 415 g/mol. The number of carbonyl (C=O) groups is 1.